The summed E-state index contributed by atoms with van der Waals surface area (Å²) in [7, 11) is -2.45. The lowest BCUT2D eigenvalue weighted by Gasteiger charge is -2.57. The second-order valence-electron chi connectivity index (χ2n) is 10.3. The first-order valence-corrected chi connectivity index (χ1v) is 11.9. The van der Waals surface area contributed by atoms with Gasteiger partial charge in [-0.25, -0.2) is 0 Å². The molecule has 0 spiro atoms. The average Bonchev–Trinajstić information content (AvgIpc) is 2.51. The first kappa shape index (κ1) is 22.1. The van der Waals surface area contributed by atoms with Crippen molar-refractivity contribution in [3.05, 3.63) is 12.2 Å². The van der Waals surface area contributed by atoms with Crippen LogP contribution in [0, 0.1) is 11.8 Å². The Morgan fingerprint density at radius 3 is 2.15 bits per heavy atom. The summed E-state index contributed by atoms with van der Waals surface area (Å²) in [6.07, 6.45) is 4.30. The van der Waals surface area contributed by atoms with Crippen molar-refractivity contribution < 1.29 is 18.7 Å². The van der Waals surface area contributed by atoms with E-state index in [1.54, 1.807) is 0 Å². The van der Waals surface area contributed by atoms with Gasteiger partial charge in [0.15, 0.2) is 0 Å². The fraction of sp³-hybridized carbons (Fsp3) is 0.905. The molecule has 2 rings (SSSR count). The molecule has 0 aromatic heterocycles. The Balaban J connectivity index is 2.19. The van der Waals surface area contributed by atoms with Crippen molar-refractivity contribution in [3.63, 3.8) is 0 Å². The quantitative estimate of drug-likeness (QED) is 0.560. The first-order valence-electron chi connectivity index (χ1n) is 10.1. The molecule has 2 fully saturated rings. The second kappa shape index (κ2) is 7.67. The van der Waals surface area contributed by atoms with Gasteiger partial charge < -0.3 is 18.7 Å². The summed E-state index contributed by atoms with van der Waals surface area (Å²) in [6, 6.07) is 0. The molecule has 0 unspecified atom stereocenters. The van der Waals surface area contributed by atoms with E-state index in [1.807, 2.05) is 19.1 Å². The van der Waals surface area contributed by atoms with Gasteiger partial charge in [-0.3, -0.25) is 0 Å². The molecule has 0 amide bonds. The van der Waals surface area contributed by atoms with E-state index in [0.717, 1.165) is 6.42 Å². The van der Waals surface area contributed by atoms with Gasteiger partial charge in [-0.15, -0.1) is 0 Å². The van der Waals surface area contributed by atoms with Crippen LogP contribution in [0.25, 0.3) is 0 Å². The molecule has 2 heterocycles. The van der Waals surface area contributed by atoms with E-state index in [0.29, 0.717) is 12.5 Å². The zero-order valence-electron chi connectivity index (χ0n) is 18.2. The number of fused-ring (bicyclic) bond motifs is 1. The Labute approximate surface area is 161 Å². The van der Waals surface area contributed by atoms with Crippen molar-refractivity contribution in [1.29, 1.82) is 0 Å². The Bertz CT molecular complexity index is 491. The van der Waals surface area contributed by atoms with E-state index in [1.165, 1.54) is 0 Å². The van der Waals surface area contributed by atoms with E-state index in [9.17, 15) is 5.11 Å². The van der Waals surface area contributed by atoms with Crippen LogP contribution in [0.2, 0.25) is 10.1 Å². The number of hydrogen-bond acceptors (Lipinski definition) is 4. The number of aliphatic hydroxyl groups excluding tert-OH is 1. The lowest BCUT2D eigenvalue weighted by atomic mass is 9.82. The molecule has 2 saturated heterocycles. The maximum atomic E-state index is 10.4. The first-order chi connectivity index (χ1) is 11.8. The Morgan fingerprint density at radius 1 is 1.08 bits per heavy atom. The van der Waals surface area contributed by atoms with E-state index in [2.05, 4.69) is 55.4 Å². The van der Waals surface area contributed by atoms with Crippen LogP contribution in [0.1, 0.15) is 68.7 Å². The molecule has 0 aliphatic carbocycles. The third kappa shape index (κ3) is 3.97. The summed E-state index contributed by atoms with van der Waals surface area (Å²) in [5, 5.41) is 10.3. The van der Waals surface area contributed by atoms with Gasteiger partial charge in [0.1, 0.15) is 6.10 Å². The summed E-state index contributed by atoms with van der Waals surface area (Å²) in [6.45, 7) is 20.3. The molecular formula is C21H40O4Si. The highest BCUT2D eigenvalue weighted by molar-refractivity contribution is 6.73. The zero-order valence-corrected chi connectivity index (χ0v) is 19.2. The van der Waals surface area contributed by atoms with Gasteiger partial charge in [0.2, 0.25) is 0 Å². The van der Waals surface area contributed by atoms with Gasteiger partial charge in [0, 0.05) is 16.0 Å². The molecule has 2 aliphatic heterocycles. The minimum Gasteiger partial charge on any atom is -0.391 e. The molecule has 1 N–H and O–H groups in total. The highest BCUT2D eigenvalue weighted by Crippen LogP contribution is 2.55. The van der Waals surface area contributed by atoms with Crippen LogP contribution in [-0.2, 0) is 13.6 Å². The van der Waals surface area contributed by atoms with Crippen LogP contribution in [0.3, 0.4) is 0 Å². The summed E-state index contributed by atoms with van der Waals surface area (Å²) in [5.41, 5.74) is 0. The van der Waals surface area contributed by atoms with Gasteiger partial charge >= 0.3 is 8.56 Å². The van der Waals surface area contributed by atoms with Crippen molar-refractivity contribution in [3.8, 4) is 0 Å². The van der Waals surface area contributed by atoms with Crippen molar-refractivity contribution in [2.75, 3.05) is 6.61 Å². The molecule has 0 aromatic carbocycles. The Hall–Kier alpha value is -0.203. The minimum absolute atomic E-state index is 0.00822. The van der Waals surface area contributed by atoms with E-state index in [-0.39, 0.29) is 34.3 Å². The number of ether oxygens (including phenoxy) is 1. The number of allylic oxidation sites excluding steroid dienone is 1. The van der Waals surface area contributed by atoms with Crippen LogP contribution in [0.15, 0.2) is 12.2 Å². The highest BCUT2D eigenvalue weighted by Gasteiger charge is 2.62. The maximum Gasteiger partial charge on any atom is 0.349 e. The van der Waals surface area contributed by atoms with Gasteiger partial charge in [-0.1, -0.05) is 67.5 Å². The predicted molar refractivity (Wildman–Crippen MR) is 108 cm³/mol. The largest absolute Gasteiger partial charge is 0.391 e. The van der Waals surface area contributed by atoms with E-state index < -0.39 is 14.7 Å². The molecule has 0 radical (unpaired) electrons. The summed E-state index contributed by atoms with van der Waals surface area (Å²) in [5.74, 6) is 0.396. The highest BCUT2D eigenvalue weighted by atomic mass is 28.4. The molecule has 152 valence electrons. The van der Waals surface area contributed by atoms with Crippen molar-refractivity contribution >= 4 is 8.56 Å². The molecule has 6 atom stereocenters. The van der Waals surface area contributed by atoms with E-state index >= 15 is 0 Å². The van der Waals surface area contributed by atoms with Crippen LogP contribution < -0.4 is 0 Å². The second-order valence-corrected chi connectivity index (χ2v) is 15.1. The molecule has 26 heavy (non-hydrogen) atoms. The molecule has 4 nitrogen and oxygen atoms in total. The molecule has 2 aliphatic rings. The van der Waals surface area contributed by atoms with Crippen LogP contribution in [0.5, 0.6) is 0 Å². The normalized spacial score (nSPS) is 35.2. The van der Waals surface area contributed by atoms with E-state index in [4.69, 9.17) is 13.6 Å². The Kier molecular flexibility index (Phi) is 6.51. The van der Waals surface area contributed by atoms with Crippen molar-refractivity contribution in [1.82, 2.24) is 0 Å². The van der Waals surface area contributed by atoms with Gasteiger partial charge in [0.25, 0.3) is 0 Å². The van der Waals surface area contributed by atoms with Gasteiger partial charge in [0.05, 0.1) is 24.9 Å². The average molecular weight is 385 g/mol. The predicted octanol–water partition coefficient (Wildman–Crippen LogP) is 4.81. The van der Waals surface area contributed by atoms with Gasteiger partial charge in [-0.2, -0.15) is 0 Å². The number of aliphatic hydroxyl groups is 1. The summed E-state index contributed by atoms with van der Waals surface area (Å²) >= 11 is 0. The molecule has 0 saturated carbocycles. The third-order valence-corrected chi connectivity index (χ3v) is 11.3. The topological polar surface area (TPSA) is 47.9 Å². The number of rotatable bonds is 3. The fourth-order valence-corrected chi connectivity index (χ4v) is 9.88. The SMILES string of the molecule is C/C=C/[C@H](O)[C@@H](C)[C@@H]1O[C@@H]2CO[Si](C(C)(C)C)(C(C)(C)C)O[C@@H]2C[C@@H]1C. The lowest BCUT2D eigenvalue weighted by molar-refractivity contribution is -0.197. The van der Waals surface area contributed by atoms with Crippen molar-refractivity contribution in [2.24, 2.45) is 11.8 Å². The van der Waals surface area contributed by atoms with Crippen LogP contribution in [0.4, 0.5) is 0 Å². The van der Waals surface area contributed by atoms with Crippen LogP contribution in [-0.4, -0.2) is 44.7 Å². The summed E-state index contributed by atoms with van der Waals surface area (Å²) < 4.78 is 19.8. The molecule has 0 bridgehead atoms. The van der Waals surface area contributed by atoms with Crippen molar-refractivity contribution in [2.45, 2.75) is 103 Å². The summed E-state index contributed by atoms with van der Waals surface area (Å²) in [4.78, 5) is 0. The fourth-order valence-electron chi connectivity index (χ4n) is 4.91. The zero-order chi connectivity index (χ0) is 19.9. The standard InChI is InChI=1S/C21H40O4Si/c1-10-11-16(22)15(3)19-14(2)12-17-18(24-19)13-23-26(25-17,20(4,5)6)21(7,8)9/h10-11,14-19,22H,12-13H2,1-9H3/b11-10+/t14-,15+,16-,17+,18+,19+/m0/s1. The smallest absolute Gasteiger partial charge is 0.349 e. The minimum atomic E-state index is -2.45. The molecule has 0 aromatic rings. The maximum absolute atomic E-state index is 10.4. The molecular weight excluding hydrogens is 344 g/mol. The monoisotopic (exact) mass is 384 g/mol. The third-order valence-electron chi connectivity index (χ3n) is 6.10. The number of hydrogen-bond donors (Lipinski definition) is 1. The Morgan fingerprint density at radius 2 is 1.65 bits per heavy atom. The molecule has 5 heteroatoms. The lowest BCUT2D eigenvalue weighted by Crippen LogP contribution is -2.67. The van der Waals surface area contributed by atoms with Gasteiger partial charge in [-0.05, 0) is 19.3 Å². The van der Waals surface area contributed by atoms with Crippen LogP contribution >= 0.6 is 0 Å².